The summed E-state index contributed by atoms with van der Waals surface area (Å²) < 4.78 is 0. The van der Waals surface area contributed by atoms with E-state index in [1.165, 1.54) is 0 Å². The van der Waals surface area contributed by atoms with Crippen LogP contribution in [0.15, 0.2) is 0 Å². The maximum absolute atomic E-state index is 12.0. The minimum Gasteiger partial charge on any atom is -0.481 e. The number of hydrogen-bond acceptors (Lipinski definition) is 3. The molecular weight excluding hydrogens is 244 g/mol. The van der Waals surface area contributed by atoms with Crippen molar-refractivity contribution in [2.75, 3.05) is 13.1 Å². The molecule has 5 heteroatoms. The standard InChI is InChI=1S/C14H24N2O3/c17-13(8-10-6-7-15-9-10)16-12-5-3-1-2-4-11(12)14(18)19/h10-12,15H,1-9H2,(H,16,17)(H,18,19). The Balaban J connectivity index is 1.86. The minimum atomic E-state index is -0.769. The summed E-state index contributed by atoms with van der Waals surface area (Å²) >= 11 is 0. The predicted octanol–water partition coefficient (Wildman–Crippen LogP) is 1.14. The van der Waals surface area contributed by atoms with Gasteiger partial charge in [-0.05, 0) is 38.3 Å². The molecule has 1 heterocycles. The largest absolute Gasteiger partial charge is 0.481 e. The quantitative estimate of drug-likeness (QED) is 0.668. The molecule has 2 aliphatic rings. The molecule has 1 aliphatic carbocycles. The van der Waals surface area contributed by atoms with E-state index in [0.717, 1.165) is 45.2 Å². The van der Waals surface area contributed by atoms with Gasteiger partial charge in [-0.1, -0.05) is 19.3 Å². The Bertz CT molecular complexity index is 327. The van der Waals surface area contributed by atoms with Crippen molar-refractivity contribution in [1.82, 2.24) is 10.6 Å². The Morgan fingerprint density at radius 1 is 1.16 bits per heavy atom. The lowest BCUT2D eigenvalue weighted by Gasteiger charge is -2.23. The van der Waals surface area contributed by atoms with Crippen LogP contribution in [0.25, 0.3) is 0 Å². The molecule has 2 fully saturated rings. The van der Waals surface area contributed by atoms with Crippen molar-refractivity contribution in [3.63, 3.8) is 0 Å². The van der Waals surface area contributed by atoms with Crippen LogP contribution in [0.4, 0.5) is 0 Å². The summed E-state index contributed by atoms with van der Waals surface area (Å²) in [6.07, 6.45) is 6.09. The van der Waals surface area contributed by atoms with Crippen molar-refractivity contribution in [3.8, 4) is 0 Å². The highest BCUT2D eigenvalue weighted by Gasteiger charge is 2.31. The van der Waals surface area contributed by atoms with E-state index in [4.69, 9.17) is 0 Å². The molecular formula is C14H24N2O3. The molecule has 1 saturated carbocycles. The Morgan fingerprint density at radius 3 is 2.63 bits per heavy atom. The normalized spacial score (nSPS) is 31.7. The topological polar surface area (TPSA) is 78.4 Å². The summed E-state index contributed by atoms with van der Waals surface area (Å²) in [5.41, 5.74) is 0. The highest BCUT2D eigenvalue weighted by atomic mass is 16.4. The number of amides is 1. The van der Waals surface area contributed by atoms with Gasteiger partial charge in [-0.3, -0.25) is 9.59 Å². The van der Waals surface area contributed by atoms with E-state index in [1.54, 1.807) is 0 Å². The van der Waals surface area contributed by atoms with Crippen LogP contribution in [0.1, 0.15) is 44.9 Å². The number of hydrogen-bond donors (Lipinski definition) is 3. The highest BCUT2D eigenvalue weighted by molar-refractivity contribution is 5.78. The number of rotatable bonds is 4. The number of carbonyl (C=O) groups excluding carboxylic acids is 1. The van der Waals surface area contributed by atoms with E-state index < -0.39 is 11.9 Å². The highest BCUT2D eigenvalue weighted by Crippen LogP contribution is 2.24. The molecule has 0 spiro atoms. The maximum Gasteiger partial charge on any atom is 0.308 e. The van der Waals surface area contributed by atoms with Gasteiger partial charge in [0.05, 0.1) is 5.92 Å². The lowest BCUT2D eigenvalue weighted by Crippen LogP contribution is -2.43. The number of carboxylic acids is 1. The van der Waals surface area contributed by atoms with Gasteiger partial charge in [0.25, 0.3) is 0 Å². The van der Waals surface area contributed by atoms with Crippen molar-refractivity contribution in [3.05, 3.63) is 0 Å². The fourth-order valence-corrected chi connectivity index (χ4v) is 3.19. The second kappa shape index (κ2) is 6.89. The lowest BCUT2D eigenvalue weighted by molar-refractivity contribution is -0.143. The molecule has 2 rings (SSSR count). The third-order valence-electron chi connectivity index (χ3n) is 4.32. The summed E-state index contributed by atoms with van der Waals surface area (Å²) in [4.78, 5) is 23.3. The van der Waals surface area contributed by atoms with E-state index >= 15 is 0 Å². The smallest absolute Gasteiger partial charge is 0.308 e. The van der Waals surface area contributed by atoms with Gasteiger partial charge in [-0.15, -0.1) is 0 Å². The van der Waals surface area contributed by atoms with Crippen molar-refractivity contribution in [1.29, 1.82) is 0 Å². The first-order chi connectivity index (χ1) is 9.16. The lowest BCUT2D eigenvalue weighted by atomic mass is 9.94. The van der Waals surface area contributed by atoms with E-state index in [9.17, 15) is 14.7 Å². The van der Waals surface area contributed by atoms with Crippen molar-refractivity contribution in [2.24, 2.45) is 11.8 Å². The average Bonchev–Trinajstić information content (AvgIpc) is 2.73. The van der Waals surface area contributed by atoms with Crippen LogP contribution in [-0.4, -0.2) is 36.1 Å². The molecule has 1 amide bonds. The Hall–Kier alpha value is -1.10. The first kappa shape index (κ1) is 14.3. The number of carboxylic acid groups (broad SMARTS) is 1. The zero-order chi connectivity index (χ0) is 13.7. The molecule has 3 atom stereocenters. The maximum atomic E-state index is 12.0. The Labute approximate surface area is 114 Å². The fourth-order valence-electron chi connectivity index (χ4n) is 3.19. The molecule has 5 nitrogen and oxygen atoms in total. The third kappa shape index (κ3) is 4.20. The van der Waals surface area contributed by atoms with E-state index in [0.29, 0.717) is 18.8 Å². The van der Waals surface area contributed by atoms with E-state index in [2.05, 4.69) is 10.6 Å². The summed E-state index contributed by atoms with van der Waals surface area (Å²) in [7, 11) is 0. The number of aliphatic carboxylic acids is 1. The van der Waals surface area contributed by atoms with Crippen LogP contribution >= 0.6 is 0 Å². The first-order valence-electron chi connectivity index (χ1n) is 7.39. The van der Waals surface area contributed by atoms with Crippen molar-refractivity contribution < 1.29 is 14.7 Å². The van der Waals surface area contributed by atoms with Crippen LogP contribution < -0.4 is 10.6 Å². The minimum absolute atomic E-state index is 0.0202. The van der Waals surface area contributed by atoms with Gasteiger partial charge in [-0.2, -0.15) is 0 Å². The predicted molar refractivity (Wildman–Crippen MR) is 71.7 cm³/mol. The third-order valence-corrected chi connectivity index (χ3v) is 4.32. The molecule has 0 aromatic rings. The van der Waals surface area contributed by atoms with Crippen LogP contribution in [0, 0.1) is 11.8 Å². The van der Waals surface area contributed by atoms with E-state index in [1.807, 2.05) is 0 Å². The Kier molecular flexibility index (Phi) is 5.19. The summed E-state index contributed by atoms with van der Waals surface area (Å²) in [5.74, 6) is -0.746. The molecule has 0 radical (unpaired) electrons. The fraction of sp³-hybridized carbons (Fsp3) is 0.857. The number of carbonyl (C=O) groups is 2. The number of nitrogens with one attached hydrogen (secondary N) is 2. The summed E-state index contributed by atoms with van der Waals surface area (Å²) in [6.45, 7) is 1.89. The molecule has 108 valence electrons. The average molecular weight is 268 g/mol. The van der Waals surface area contributed by atoms with Gasteiger partial charge in [-0.25, -0.2) is 0 Å². The molecule has 0 aromatic carbocycles. The van der Waals surface area contributed by atoms with Crippen LogP contribution in [-0.2, 0) is 9.59 Å². The van der Waals surface area contributed by atoms with Gasteiger partial charge in [0.1, 0.15) is 0 Å². The van der Waals surface area contributed by atoms with Crippen molar-refractivity contribution in [2.45, 2.75) is 51.0 Å². The molecule has 1 aliphatic heterocycles. The zero-order valence-electron chi connectivity index (χ0n) is 11.4. The van der Waals surface area contributed by atoms with Gasteiger partial charge in [0, 0.05) is 12.5 Å². The molecule has 0 aromatic heterocycles. The van der Waals surface area contributed by atoms with Gasteiger partial charge in [0.2, 0.25) is 5.91 Å². The second-order valence-electron chi connectivity index (χ2n) is 5.82. The monoisotopic (exact) mass is 268 g/mol. The molecule has 1 saturated heterocycles. The molecule has 0 bridgehead atoms. The molecule has 3 unspecified atom stereocenters. The first-order valence-corrected chi connectivity index (χ1v) is 7.39. The molecule has 19 heavy (non-hydrogen) atoms. The van der Waals surface area contributed by atoms with Crippen molar-refractivity contribution >= 4 is 11.9 Å². The van der Waals surface area contributed by atoms with Crippen LogP contribution in [0.3, 0.4) is 0 Å². The molecule has 3 N–H and O–H groups in total. The van der Waals surface area contributed by atoms with Crippen LogP contribution in [0.2, 0.25) is 0 Å². The summed E-state index contributed by atoms with van der Waals surface area (Å²) in [6, 6.07) is -0.179. The van der Waals surface area contributed by atoms with Gasteiger partial charge < -0.3 is 15.7 Å². The van der Waals surface area contributed by atoms with E-state index in [-0.39, 0.29) is 11.9 Å². The van der Waals surface area contributed by atoms with Gasteiger partial charge >= 0.3 is 5.97 Å². The summed E-state index contributed by atoms with van der Waals surface area (Å²) in [5, 5.41) is 15.5. The zero-order valence-corrected chi connectivity index (χ0v) is 11.4. The Morgan fingerprint density at radius 2 is 1.95 bits per heavy atom. The second-order valence-corrected chi connectivity index (χ2v) is 5.82. The SMILES string of the molecule is O=C(CC1CCNC1)NC1CCCCCC1C(=O)O. The van der Waals surface area contributed by atoms with Gasteiger partial charge in [0.15, 0.2) is 0 Å². The van der Waals surface area contributed by atoms with Crippen LogP contribution in [0.5, 0.6) is 0 Å².